The maximum atomic E-state index is 12.8. The van der Waals surface area contributed by atoms with Gasteiger partial charge in [-0.2, -0.15) is 13.2 Å². The van der Waals surface area contributed by atoms with Crippen LogP contribution in [0.15, 0.2) is 36.5 Å². The molecule has 1 aromatic heterocycles. The second-order valence-corrected chi connectivity index (χ2v) is 7.11. The number of benzene rings is 1. The first-order valence-electron chi connectivity index (χ1n) is 8.12. The van der Waals surface area contributed by atoms with Crippen molar-refractivity contribution in [2.45, 2.75) is 12.1 Å². The molecule has 1 aromatic carbocycles. The van der Waals surface area contributed by atoms with Crippen molar-refractivity contribution in [3.05, 3.63) is 57.8 Å². The van der Waals surface area contributed by atoms with Crippen LogP contribution in [-0.2, 0) is 15.8 Å². The van der Waals surface area contributed by atoms with E-state index in [1.165, 1.54) is 36.3 Å². The van der Waals surface area contributed by atoms with E-state index in [2.05, 4.69) is 10.3 Å². The number of carbonyl (C=O) groups excluding carboxylic acids is 2. The van der Waals surface area contributed by atoms with Gasteiger partial charge in [0.05, 0.1) is 11.3 Å². The molecule has 0 unspecified atom stereocenters. The summed E-state index contributed by atoms with van der Waals surface area (Å²) in [6.07, 6.45) is -3.12. The van der Waals surface area contributed by atoms with E-state index in [4.69, 9.17) is 23.2 Å². The van der Waals surface area contributed by atoms with Gasteiger partial charge in [0, 0.05) is 25.7 Å². The predicted octanol–water partition coefficient (Wildman–Crippen LogP) is 4.22. The van der Waals surface area contributed by atoms with Crippen molar-refractivity contribution in [1.29, 1.82) is 0 Å². The summed E-state index contributed by atoms with van der Waals surface area (Å²) >= 11 is 11.8. The van der Waals surface area contributed by atoms with E-state index in [-0.39, 0.29) is 22.4 Å². The summed E-state index contributed by atoms with van der Waals surface area (Å²) < 4.78 is 38.4. The lowest BCUT2D eigenvalue weighted by molar-refractivity contribution is -0.138. The summed E-state index contributed by atoms with van der Waals surface area (Å²) in [7, 11) is 1.53. The van der Waals surface area contributed by atoms with Gasteiger partial charge < -0.3 is 10.2 Å². The molecule has 1 aliphatic rings. The summed E-state index contributed by atoms with van der Waals surface area (Å²) in [6.45, 7) is 0.202. The first-order chi connectivity index (χ1) is 13.1. The Morgan fingerprint density at radius 3 is 2.46 bits per heavy atom. The van der Waals surface area contributed by atoms with E-state index in [9.17, 15) is 22.8 Å². The Hall–Kier alpha value is -2.32. The van der Waals surface area contributed by atoms with E-state index < -0.39 is 35.4 Å². The molecule has 148 valence electrons. The number of carbonyl (C=O) groups is 2. The molecule has 0 radical (unpaired) electrons. The second kappa shape index (κ2) is 7.60. The van der Waals surface area contributed by atoms with Crippen LogP contribution in [-0.4, -0.2) is 35.3 Å². The lowest BCUT2D eigenvalue weighted by atomic mass is 9.87. The smallest absolute Gasteiger partial charge is 0.344 e. The lowest BCUT2D eigenvalue weighted by Gasteiger charge is -2.18. The molecule has 2 amide bonds. The van der Waals surface area contributed by atoms with E-state index in [0.29, 0.717) is 5.56 Å². The van der Waals surface area contributed by atoms with E-state index in [0.717, 1.165) is 12.1 Å². The highest BCUT2D eigenvalue weighted by Crippen LogP contribution is 2.37. The Balaban J connectivity index is 1.88. The minimum absolute atomic E-state index is 0.00590. The van der Waals surface area contributed by atoms with Crippen molar-refractivity contribution in [3.63, 3.8) is 0 Å². The third-order valence-electron chi connectivity index (χ3n) is 4.57. The van der Waals surface area contributed by atoms with Crippen LogP contribution < -0.4 is 5.32 Å². The van der Waals surface area contributed by atoms with Gasteiger partial charge in [-0.05, 0) is 23.8 Å². The number of hydrogen-bond donors (Lipinski definition) is 1. The summed E-state index contributed by atoms with van der Waals surface area (Å²) in [4.78, 5) is 30.4. The average molecular weight is 432 g/mol. The van der Waals surface area contributed by atoms with E-state index >= 15 is 0 Å². The third kappa shape index (κ3) is 3.93. The monoisotopic (exact) mass is 431 g/mol. The minimum atomic E-state index is -4.46. The highest BCUT2D eigenvalue weighted by molar-refractivity contribution is 6.43. The predicted molar refractivity (Wildman–Crippen MR) is 98.2 cm³/mol. The Labute approximate surface area is 168 Å². The molecule has 2 heterocycles. The largest absolute Gasteiger partial charge is 0.416 e. The number of hydrogen-bond acceptors (Lipinski definition) is 3. The molecular weight excluding hydrogens is 418 g/mol. The minimum Gasteiger partial charge on any atom is -0.344 e. The van der Waals surface area contributed by atoms with Gasteiger partial charge in [0.1, 0.15) is 16.1 Å². The standard InChI is InChI=1S/C18H14Cl2F3N3O2/c1-26-8-11(9-2-4-10(5-3-9)18(21,22)23)13(17(26)28)16(27)25-12-6-7-24-15(20)14(12)19/h2-7,11,13H,8H2,1H3,(H,24,25,27)/t11-,13+/m0/s1. The number of aromatic nitrogens is 1. The normalized spacial score (nSPS) is 19.8. The number of amides is 2. The maximum Gasteiger partial charge on any atom is 0.416 e. The number of likely N-dealkylation sites (N-methyl/N-ethyl adjacent to an activating group) is 1. The fourth-order valence-corrected chi connectivity index (χ4v) is 3.45. The Morgan fingerprint density at radius 1 is 1.21 bits per heavy atom. The molecule has 10 heteroatoms. The Kier molecular flexibility index (Phi) is 5.54. The zero-order valence-electron chi connectivity index (χ0n) is 14.4. The zero-order valence-corrected chi connectivity index (χ0v) is 15.9. The number of alkyl halides is 3. The molecule has 1 aliphatic heterocycles. The molecule has 28 heavy (non-hydrogen) atoms. The van der Waals surface area contributed by atoms with Gasteiger partial charge in [0.25, 0.3) is 0 Å². The first-order valence-corrected chi connectivity index (χ1v) is 8.88. The third-order valence-corrected chi connectivity index (χ3v) is 5.33. The molecule has 1 N–H and O–H groups in total. The van der Waals surface area contributed by atoms with Gasteiger partial charge in [0.2, 0.25) is 11.8 Å². The van der Waals surface area contributed by atoms with Crippen molar-refractivity contribution in [3.8, 4) is 0 Å². The molecule has 2 atom stereocenters. The van der Waals surface area contributed by atoms with Crippen LogP contribution in [0.2, 0.25) is 10.2 Å². The summed E-state index contributed by atoms with van der Waals surface area (Å²) in [6, 6.07) is 5.88. The molecule has 0 spiro atoms. The number of likely N-dealkylation sites (tertiary alicyclic amines) is 1. The van der Waals surface area contributed by atoms with Crippen molar-refractivity contribution < 1.29 is 22.8 Å². The van der Waals surface area contributed by atoms with Crippen LogP contribution in [0, 0.1) is 5.92 Å². The van der Waals surface area contributed by atoms with Crippen LogP contribution in [0.25, 0.3) is 0 Å². The molecule has 0 saturated carbocycles. The Morgan fingerprint density at radius 2 is 1.86 bits per heavy atom. The summed E-state index contributed by atoms with van der Waals surface area (Å²) in [5.41, 5.74) is -0.141. The average Bonchev–Trinajstić information content (AvgIpc) is 2.93. The fourth-order valence-electron chi connectivity index (χ4n) is 3.14. The van der Waals surface area contributed by atoms with Crippen LogP contribution in [0.3, 0.4) is 0 Å². The lowest BCUT2D eigenvalue weighted by Crippen LogP contribution is -2.32. The van der Waals surface area contributed by atoms with Crippen molar-refractivity contribution in [2.75, 3.05) is 18.9 Å². The van der Waals surface area contributed by atoms with E-state index in [1.807, 2.05) is 0 Å². The SMILES string of the molecule is CN1C[C@@H](c2ccc(C(F)(F)F)cc2)[C@H](C(=O)Nc2ccnc(Cl)c2Cl)C1=O. The molecule has 2 aromatic rings. The quantitative estimate of drug-likeness (QED) is 0.584. The highest BCUT2D eigenvalue weighted by Gasteiger charge is 2.44. The highest BCUT2D eigenvalue weighted by atomic mass is 35.5. The summed E-state index contributed by atoms with van der Waals surface area (Å²) in [5.74, 6) is -2.76. The number of anilines is 1. The zero-order chi connectivity index (χ0) is 20.6. The number of pyridine rings is 1. The maximum absolute atomic E-state index is 12.8. The van der Waals surface area contributed by atoms with Gasteiger partial charge in [-0.15, -0.1) is 0 Å². The molecular formula is C18H14Cl2F3N3O2. The van der Waals surface area contributed by atoms with Crippen molar-refractivity contribution >= 4 is 40.7 Å². The van der Waals surface area contributed by atoms with Gasteiger partial charge >= 0.3 is 6.18 Å². The first kappa shape index (κ1) is 20.4. The summed E-state index contributed by atoms with van der Waals surface area (Å²) in [5, 5.41) is 2.58. The molecule has 1 saturated heterocycles. The molecule has 1 fully saturated rings. The van der Waals surface area contributed by atoms with Gasteiger partial charge in [-0.25, -0.2) is 4.98 Å². The Bertz CT molecular complexity index is 919. The molecule has 0 bridgehead atoms. The van der Waals surface area contributed by atoms with Crippen LogP contribution in [0.1, 0.15) is 17.0 Å². The molecule has 5 nitrogen and oxygen atoms in total. The topological polar surface area (TPSA) is 62.3 Å². The van der Waals surface area contributed by atoms with Gasteiger partial charge in [-0.1, -0.05) is 35.3 Å². The number of nitrogens with one attached hydrogen (secondary N) is 1. The van der Waals surface area contributed by atoms with Crippen LogP contribution in [0.5, 0.6) is 0 Å². The van der Waals surface area contributed by atoms with Crippen LogP contribution >= 0.6 is 23.2 Å². The molecule has 3 rings (SSSR count). The number of nitrogens with zero attached hydrogens (tertiary/aromatic N) is 2. The van der Waals surface area contributed by atoms with E-state index in [1.54, 1.807) is 0 Å². The number of halogens is 5. The van der Waals surface area contributed by atoms with Crippen LogP contribution in [0.4, 0.5) is 18.9 Å². The second-order valence-electron chi connectivity index (χ2n) is 6.38. The van der Waals surface area contributed by atoms with Crippen molar-refractivity contribution in [1.82, 2.24) is 9.88 Å². The van der Waals surface area contributed by atoms with Gasteiger partial charge in [0.15, 0.2) is 0 Å². The molecule has 0 aliphatic carbocycles. The number of rotatable bonds is 3. The van der Waals surface area contributed by atoms with Gasteiger partial charge in [-0.3, -0.25) is 9.59 Å². The fraction of sp³-hybridized carbons (Fsp3) is 0.278. The van der Waals surface area contributed by atoms with Crippen molar-refractivity contribution in [2.24, 2.45) is 5.92 Å².